The van der Waals surface area contributed by atoms with E-state index in [0.717, 1.165) is 0 Å². The Labute approximate surface area is 93.7 Å². The molecule has 0 amide bonds. The lowest BCUT2D eigenvalue weighted by molar-refractivity contribution is 0.305. The monoisotopic (exact) mass is 221 g/mol. The summed E-state index contributed by atoms with van der Waals surface area (Å²) in [5, 5.41) is 20.7. The van der Waals surface area contributed by atoms with Crippen LogP contribution in [-0.4, -0.2) is 29.9 Å². The van der Waals surface area contributed by atoms with Gasteiger partial charge in [-0.2, -0.15) is 5.26 Å². The van der Waals surface area contributed by atoms with Gasteiger partial charge in [-0.3, -0.25) is 4.99 Å². The number of nitrogens with two attached hydrogens (primary N) is 1. The third kappa shape index (κ3) is 2.15. The fourth-order valence-electron chi connectivity index (χ4n) is 1.38. The standard InChI is InChI=1S/C10H15N5O/c1-13-8-5-9(12)15(2)10(7(8)6-11)14-3-4-16/h5,13,16H,3-4,12H2,1-2H3. The number of nitriles is 1. The Morgan fingerprint density at radius 1 is 1.69 bits per heavy atom. The highest BCUT2D eigenvalue weighted by Gasteiger charge is 2.07. The molecule has 0 aliphatic rings. The minimum atomic E-state index is -0.0610. The number of nitrogens with one attached hydrogen (secondary N) is 1. The van der Waals surface area contributed by atoms with Gasteiger partial charge in [0.2, 0.25) is 0 Å². The summed E-state index contributed by atoms with van der Waals surface area (Å²) in [5.41, 5.74) is 7.31. The van der Waals surface area contributed by atoms with Crippen LogP contribution in [0.1, 0.15) is 5.56 Å². The number of nitrogen functional groups attached to an aromatic ring is 1. The molecular formula is C10H15N5O. The summed E-state index contributed by atoms with van der Waals surface area (Å²) >= 11 is 0. The lowest BCUT2D eigenvalue weighted by Gasteiger charge is -2.10. The normalized spacial score (nSPS) is 11.2. The Bertz CT molecular complexity index is 483. The Morgan fingerprint density at radius 2 is 2.38 bits per heavy atom. The quantitative estimate of drug-likeness (QED) is 0.635. The zero-order valence-electron chi connectivity index (χ0n) is 9.36. The van der Waals surface area contributed by atoms with Crippen molar-refractivity contribution in [2.45, 2.75) is 0 Å². The van der Waals surface area contributed by atoms with Crippen molar-refractivity contribution < 1.29 is 5.11 Å². The van der Waals surface area contributed by atoms with Crippen molar-refractivity contribution in [2.75, 3.05) is 31.2 Å². The van der Waals surface area contributed by atoms with Crippen LogP contribution in [0.5, 0.6) is 0 Å². The Kier molecular flexibility index (Phi) is 3.91. The van der Waals surface area contributed by atoms with E-state index in [2.05, 4.69) is 16.4 Å². The zero-order valence-corrected chi connectivity index (χ0v) is 9.36. The highest BCUT2D eigenvalue weighted by molar-refractivity contribution is 5.60. The number of pyridine rings is 1. The molecule has 16 heavy (non-hydrogen) atoms. The Morgan fingerprint density at radius 3 is 2.88 bits per heavy atom. The third-order valence-electron chi connectivity index (χ3n) is 2.23. The first-order chi connectivity index (χ1) is 7.65. The lowest BCUT2D eigenvalue weighted by Crippen LogP contribution is -2.26. The van der Waals surface area contributed by atoms with Gasteiger partial charge in [-0.15, -0.1) is 0 Å². The first kappa shape index (κ1) is 12.1. The van der Waals surface area contributed by atoms with E-state index in [1.54, 1.807) is 24.7 Å². The third-order valence-corrected chi connectivity index (χ3v) is 2.23. The van der Waals surface area contributed by atoms with Crippen LogP contribution in [-0.2, 0) is 7.05 Å². The maximum Gasteiger partial charge on any atom is 0.149 e. The molecule has 1 aromatic rings. The molecule has 1 aromatic heterocycles. The summed E-state index contributed by atoms with van der Waals surface area (Å²) in [4.78, 5) is 4.13. The largest absolute Gasteiger partial charge is 0.394 e. The first-order valence-corrected chi connectivity index (χ1v) is 4.84. The van der Waals surface area contributed by atoms with Gasteiger partial charge in [0.25, 0.3) is 0 Å². The number of aliphatic hydroxyl groups is 1. The zero-order chi connectivity index (χ0) is 12.1. The second-order valence-corrected chi connectivity index (χ2v) is 3.21. The second-order valence-electron chi connectivity index (χ2n) is 3.21. The number of anilines is 2. The molecule has 0 bridgehead atoms. The molecule has 0 spiro atoms. The van der Waals surface area contributed by atoms with Crippen molar-refractivity contribution >= 4 is 11.5 Å². The summed E-state index contributed by atoms with van der Waals surface area (Å²) in [5.74, 6) is 0.500. The van der Waals surface area contributed by atoms with Crippen LogP contribution in [0.2, 0.25) is 0 Å². The summed E-state index contributed by atoms with van der Waals surface area (Å²) < 4.78 is 1.62. The fraction of sp³-hybridized carbons (Fsp3) is 0.400. The van der Waals surface area contributed by atoms with Crippen LogP contribution < -0.4 is 16.5 Å². The molecule has 0 radical (unpaired) electrons. The molecule has 0 aliphatic heterocycles. The van der Waals surface area contributed by atoms with Gasteiger partial charge in [0.1, 0.15) is 22.9 Å². The average molecular weight is 221 g/mol. The number of rotatable bonds is 3. The molecular weight excluding hydrogens is 206 g/mol. The van der Waals surface area contributed by atoms with E-state index in [1.807, 2.05) is 0 Å². The fourth-order valence-corrected chi connectivity index (χ4v) is 1.38. The maximum atomic E-state index is 9.08. The Balaban J connectivity index is 3.55. The molecule has 86 valence electrons. The van der Waals surface area contributed by atoms with E-state index >= 15 is 0 Å². The predicted octanol–water partition coefficient (Wildman–Crippen LogP) is -0.586. The molecule has 0 aliphatic carbocycles. The number of aliphatic hydroxyl groups excluding tert-OH is 1. The molecule has 6 heteroatoms. The van der Waals surface area contributed by atoms with Gasteiger partial charge in [-0.05, 0) is 0 Å². The predicted molar refractivity (Wildman–Crippen MR) is 61.6 cm³/mol. The number of aromatic nitrogens is 1. The summed E-state index contributed by atoms with van der Waals surface area (Å²) in [6, 6.07) is 3.75. The topological polar surface area (TPSA) is 99.4 Å². The van der Waals surface area contributed by atoms with Crippen LogP contribution in [0, 0.1) is 11.3 Å². The SMILES string of the molecule is CNc1cc(N)n(C)c(=NCCO)c1C#N. The van der Waals surface area contributed by atoms with Crippen molar-refractivity contribution in [2.24, 2.45) is 12.0 Å². The molecule has 6 nitrogen and oxygen atoms in total. The van der Waals surface area contributed by atoms with Crippen LogP contribution in [0.25, 0.3) is 0 Å². The van der Waals surface area contributed by atoms with E-state index in [-0.39, 0.29) is 13.2 Å². The molecule has 0 fully saturated rings. The lowest BCUT2D eigenvalue weighted by atomic mass is 10.2. The molecule has 0 saturated carbocycles. The number of hydrogen-bond donors (Lipinski definition) is 3. The number of hydrogen-bond acceptors (Lipinski definition) is 5. The molecule has 0 atom stereocenters. The van der Waals surface area contributed by atoms with Crippen LogP contribution in [0.3, 0.4) is 0 Å². The van der Waals surface area contributed by atoms with E-state index in [1.165, 1.54) is 0 Å². The van der Waals surface area contributed by atoms with Crippen LogP contribution in [0.15, 0.2) is 11.1 Å². The summed E-state index contributed by atoms with van der Waals surface area (Å²) in [6.07, 6.45) is 0. The van der Waals surface area contributed by atoms with E-state index < -0.39 is 0 Å². The van der Waals surface area contributed by atoms with Gasteiger partial charge in [0, 0.05) is 20.2 Å². The molecule has 4 N–H and O–H groups in total. The molecule has 0 unspecified atom stereocenters. The van der Waals surface area contributed by atoms with Crippen molar-refractivity contribution in [1.82, 2.24) is 4.57 Å². The average Bonchev–Trinajstić information content (AvgIpc) is 2.30. The van der Waals surface area contributed by atoms with Gasteiger partial charge in [0.15, 0.2) is 0 Å². The second kappa shape index (κ2) is 5.19. The minimum Gasteiger partial charge on any atom is -0.394 e. The number of nitrogens with zero attached hydrogens (tertiary/aromatic N) is 3. The minimum absolute atomic E-state index is 0.0610. The van der Waals surface area contributed by atoms with Gasteiger partial charge >= 0.3 is 0 Å². The molecule has 1 rings (SSSR count). The van der Waals surface area contributed by atoms with E-state index in [4.69, 9.17) is 16.1 Å². The maximum absolute atomic E-state index is 9.08. The van der Waals surface area contributed by atoms with Crippen molar-refractivity contribution in [3.05, 3.63) is 17.1 Å². The summed E-state index contributed by atoms with van der Waals surface area (Å²) in [7, 11) is 3.44. The highest BCUT2D eigenvalue weighted by atomic mass is 16.3. The highest BCUT2D eigenvalue weighted by Crippen LogP contribution is 2.13. The molecule has 0 aromatic carbocycles. The van der Waals surface area contributed by atoms with Crippen molar-refractivity contribution in [1.29, 1.82) is 5.26 Å². The van der Waals surface area contributed by atoms with Gasteiger partial charge < -0.3 is 20.7 Å². The van der Waals surface area contributed by atoms with Crippen molar-refractivity contribution in [3.8, 4) is 6.07 Å². The van der Waals surface area contributed by atoms with Gasteiger partial charge in [0.05, 0.1) is 18.8 Å². The Hall–Kier alpha value is -2.00. The smallest absolute Gasteiger partial charge is 0.149 e. The summed E-state index contributed by atoms with van der Waals surface area (Å²) in [6.45, 7) is 0.184. The van der Waals surface area contributed by atoms with Gasteiger partial charge in [-0.25, -0.2) is 0 Å². The molecule has 0 saturated heterocycles. The van der Waals surface area contributed by atoms with Crippen molar-refractivity contribution in [3.63, 3.8) is 0 Å². The van der Waals surface area contributed by atoms with Crippen LogP contribution in [0.4, 0.5) is 11.5 Å². The van der Waals surface area contributed by atoms with Gasteiger partial charge in [-0.1, -0.05) is 0 Å². The molecule has 1 heterocycles. The first-order valence-electron chi connectivity index (χ1n) is 4.84. The van der Waals surface area contributed by atoms with Crippen LogP contribution >= 0.6 is 0 Å². The van der Waals surface area contributed by atoms with E-state index in [9.17, 15) is 0 Å². The van der Waals surface area contributed by atoms with E-state index in [0.29, 0.717) is 22.6 Å².